The summed E-state index contributed by atoms with van der Waals surface area (Å²) in [5.74, 6) is -0.525. The number of halogens is 1. The minimum absolute atomic E-state index is 0.169. The topological polar surface area (TPSA) is 82.3 Å². The highest BCUT2D eigenvalue weighted by atomic mass is 32.2. The van der Waals surface area contributed by atoms with E-state index in [2.05, 4.69) is 10.3 Å². The van der Waals surface area contributed by atoms with Crippen molar-refractivity contribution in [1.29, 1.82) is 0 Å². The van der Waals surface area contributed by atoms with Gasteiger partial charge in [0.25, 0.3) is 0 Å². The fraction of sp³-hybridized carbons (Fsp3) is 0.211. The van der Waals surface area contributed by atoms with Gasteiger partial charge in [0.05, 0.1) is 11.4 Å². The number of sulfonamides is 1. The molecule has 0 saturated carbocycles. The average molecular weight is 387 g/mol. The van der Waals surface area contributed by atoms with E-state index in [1.807, 2.05) is 0 Å². The molecule has 0 unspecified atom stereocenters. The summed E-state index contributed by atoms with van der Waals surface area (Å²) in [5, 5.41) is 3.42. The molecule has 3 aromatic rings. The minimum atomic E-state index is -3.67. The van der Waals surface area contributed by atoms with Crippen LogP contribution in [0.5, 0.6) is 0 Å². The second-order valence-electron chi connectivity index (χ2n) is 6.57. The van der Waals surface area contributed by atoms with E-state index < -0.39 is 10.0 Å². The van der Waals surface area contributed by atoms with Crippen molar-refractivity contribution in [2.24, 2.45) is 0 Å². The normalized spacial score (nSPS) is 14.9. The molecule has 2 aromatic carbocycles. The Labute approximate surface area is 156 Å². The number of fused-ring (bicyclic) bond motifs is 3. The molecular weight excluding hydrogens is 369 g/mol. The van der Waals surface area contributed by atoms with Gasteiger partial charge in [-0.25, -0.2) is 12.8 Å². The number of nitrogens with zero attached hydrogens (tertiary/aromatic N) is 1. The smallest absolute Gasteiger partial charge is 0.243 e. The number of hydrogen-bond donors (Lipinski definition) is 2. The molecule has 0 bridgehead atoms. The number of carbonyl (C=O) groups is 1. The Morgan fingerprint density at radius 1 is 1.19 bits per heavy atom. The summed E-state index contributed by atoms with van der Waals surface area (Å²) >= 11 is 0. The average Bonchev–Trinajstić information content (AvgIpc) is 2.98. The highest BCUT2D eigenvalue weighted by molar-refractivity contribution is 7.89. The van der Waals surface area contributed by atoms with Gasteiger partial charge in [0.15, 0.2) is 0 Å². The molecule has 1 amide bonds. The van der Waals surface area contributed by atoms with Crippen molar-refractivity contribution in [3.05, 3.63) is 59.5 Å². The second kappa shape index (κ2) is 6.47. The Morgan fingerprint density at radius 2 is 1.93 bits per heavy atom. The number of hydrogen-bond acceptors (Lipinski definition) is 3. The molecule has 1 aliphatic heterocycles. The van der Waals surface area contributed by atoms with Gasteiger partial charge in [-0.2, -0.15) is 4.31 Å². The van der Waals surface area contributed by atoms with Gasteiger partial charge < -0.3 is 10.3 Å². The number of anilines is 1. The lowest BCUT2D eigenvalue weighted by atomic mass is 10.0. The van der Waals surface area contributed by atoms with Crippen molar-refractivity contribution in [3.8, 4) is 0 Å². The number of nitrogens with one attached hydrogen (secondary N) is 2. The van der Waals surface area contributed by atoms with Crippen LogP contribution in [0.2, 0.25) is 0 Å². The molecule has 1 aliphatic rings. The largest absolute Gasteiger partial charge is 0.357 e. The summed E-state index contributed by atoms with van der Waals surface area (Å²) < 4.78 is 40.9. The minimum Gasteiger partial charge on any atom is -0.357 e. The van der Waals surface area contributed by atoms with Crippen LogP contribution in [0.15, 0.2) is 47.4 Å². The second-order valence-corrected chi connectivity index (χ2v) is 8.50. The Hall–Kier alpha value is -2.71. The van der Waals surface area contributed by atoms with Crippen LogP contribution in [0.25, 0.3) is 10.9 Å². The number of amides is 1. The van der Waals surface area contributed by atoms with Crippen molar-refractivity contribution in [1.82, 2.24) is 9.29 Å². The van der Waals surface area contributed by atoms with Gasteiger partial charge in [-0.1, -0.05) is 0 Å². The van der Waals surface area contributed by atoms with Crippen LogP contribution in [0, 0.1) is 5.82 Å². The summed E-state index contributed by atoms with van der Waals surface area (Å²) in [6.45, 7) is 1.93. The molecule has 0 atom stereocenters. The van der Waals surface area contributed by atoms with Crippen LogP contribution in [0.3, 0.4) is 0 Å². The summed E-state index contributed by atoms with van der Waals surface area (Å²) in [6, 6.07) is 10.6. The maximum Gasteiger partial charge on any atom is 0.243 e. The van der Waals surface area contributed by atoms with E-state index in [0.717, 1.165) is 22.2 Å². The summed E-state index contributed by atoms with van der Waals surface area (Å²) in [4.78, 5) is 14.5. The third-order valence-electron chi connectivity index (χ3n) is 4.71. The zero-order chi connectivity index (χ0) is 19.2. The first-order valence-corrected chi connectivity index (χ1v) is 9.95. The molecule has 0 spiro atoms. The van der Waals surface area contributed by atoms with Gasteiger partial charge in [0.2, 0.25) is 15.9 Å². The molecule has 0 aliphatic carbocycles. The SMILES string of the molecule is CC(=O)Nc1ccc(S(=O)(=O)N2CCc3c([nH]c4ccc(F)cc34)C2)cc1. The van der Waals surface area contributed by atoms with Gasteiger partial charge in [0.1, 0.15) is 5.82 Å². The third kappa shape index (κ3) is 3.22. The van der Waals surface area contributed by atoms with Crippen molar-refractivity contribution in [2.75, 3.05) is 11.9 Å². The molecule has 140 valence electrons. The van der Waals surface area contributed by atoms with Gasteiger partial charge >= 0.3 is 0 Å². The molecule has 27 heavy (non-hydrogen) atoms. The number of rotatable bonds is 3. The van der Waals surface area contributed by atoms with Gasteiger partial charge in [-0.3, -0.25) is 4.79 Å². The van der Waals surface area contributed by atoms with E-state index >= 15 is 0 Å². The predicted molar refractivity (Wildman–Crippen MR) is 100 cm³/mol. The van der Waals surface area contributed by atoms with Crippen LogP contribution >= 0.6 is 0 Å². The van der Waals surface area contributed by atoms with Gasteiger partial charge in [-0.15, -0.1) is 0 Å². The zero-order valence-corrected chi connectivity index (χ0v) is 15.4. The van der Waals surface area contributed by atoms with Gasteiger partial charge in [0, 0.05) is 35.8 Å². The highest BCUT2D eigenvalue weighted by Gasteiger charge is 2.30. The zero-order valence-electron chi connectivity index (χ0n) is 14.6. The first-order valence-electron chi connectivity index (χ1n) is 8.51. The van der Waals surface area contributed by atoms with Crippen molar-refractivity contribution in [2.45, 2.75) is 24.8 Å². The maximum atomic E-state index is 13.5. The predicted octanol–water partition coefficient (Wildman–Crippen LogP) is 3.01. The van der Waals surface area contributed by atoms with E-state index in [0.29, 0.717) is 18.7 Å². The molecule has 1 aromatic heterocycles. The van der Waals surface area contributed by atoms with Crippen LogP contribution < -0.4 is 5.32 Å². The molecule has 0 saturated heterocycles. The van der Waals surface area contributed by atoms with Crippen molar-refractivity contribution in [3.63, 3.8) is 0 Å². The molecule has 2 N–H and O–H groups in total. The molecule has 2 heterocycles. The van der Waals surface area contributed by atoms with Crippen LogP contribution in [-0.4, -0.2) is 30.2 Å². The maximum absolute atomic E-state index is 13.5. The Bertz CT molecular complexity index is 1140. The first kappa shape index (κ1) is 17.7. The Balaban J connectivity index is 1.62. The van der Waals surface area contributed by atoms with E-state index in [1.54, 1.807) is 18.2 Å². The molecule has 0 radical (unpaired) electrons. The fourth-order valence-corrected chi connectivity index (χ4v) is 4.86. The third-order valence-corrected chi connectivity index (χ3v) is 6.57. The lowest BCUT2D eigenvalue weighted by Gasteiger charge is -2.26. The highest BCUT2D eigenvalue weighted by Crippen LogP contribution is 2.31. The number of carbonyl (C=O) groups excluding carboxylic acids is 1. The van der Waals surface area contributed by atoms with Crippen molar-refractivity contribution >= 4 is 32.5 Å². The molecule has 6 nitrogen and oxygen atoms in total. The van der Waals surface area contributed by atoms with E-state index in [1.165, 1.54) is 35.5 Å². The lowest BCUT2D eigenvalue weighted by Crippen LogP contribution is -2.35. The van der Waals surface area contributed by atoms with E-state index in [4.69, 9.17) is 0 Å². The van der Waals surface area contributed by atoms with Crippen LogP contribution in [0.1, 0.15) is 18.2 Å². The van der Waals surface area contributed by atoms with Crippen molar-refractivity contribution < 1.29 is 17.6 Å². The number of aromatic nitrogens is 1. The van der Waals surface area contributed by atoms with E-state index in [-0.39, 0.29) is 23.2 Å². The van der Waals surface area contributed by atoms with Crippen LogP contribution in [0.4, 0.5) is 10.1 Å². The summed E-state index contributed by atoms with van der Waals surface area (Å²) in [5.41, 5.74) is 3.11. The summed E-state index contributed by atoms with van der Waals surface area (Å²) in [6.07, 6.45) is 0.516. The molecule has 4 rings (SSSR count). The molecule has 8 heteroatoms. The monoisotopic (exact) mass is 387 g/mol. The standard InChI is InChI=1S/C19H18FN3O3S/c1-12(24)21-14-3-5-15(6-4-14)27(25,26)23-9-8-16-17-10-13(20)2-7-18(17)22-19(16)11-23/h2-7,10,22H,8-9,11H2,1H3,(H,21,24). The number of benzene rings is 2. The van der Waals surface area contributed by atoms with Gasteiger partial charge in [-0.05, 0) is 54.4 Å². The number of aromatic amines is 1. The lowest BCUT2D eigenvalue weighted by molar-refractivity contribution is -0.114. The van der Waals surface area contributed by atoms with Crippen LogP contribution in [-0.2, 0) is 27.8 Å². The first-order chi connectivity index (χ1) is 12.8. The molecular formula is C19H18FN3O3S. The number of H-pyrrole nitrogens is 1. The fourth-order valence-electron chi connectivity index (χ4n) is 3.46. The quantitative estimate of drug-likeness (QED) is 0.725. The van der Waals surface area contributed by atoms with E-state index in [9.17, 15) is 17.6 Å². The Morgan fingerprint density at radius 3 is 2.63 bits per heavy atom. The molecule has 0 fully saturated rings. The Kier molecular flexibility index (Phi) is 4.24. The summed E-state index contributed by atoms with van der Waals surface area (Å²) in [7, 11) is -3.67.